The van der Waals surface area contributed by atoms with Crippen molar-refractivity contribution < 1.29 is 22.3 Å². The summed E-state index contributed by atoms with van der Waals surface area (Å²) in [6.07, 6.45) is 0. The van der Waals surface area contributed by atoms with E-state index in [0.717, 1.165) is 4.31 Å². The average molecular weight is 477 g/mol. The molecular formula is C23H22ClFN2O4S. The zero-order valence-corrected chi connectivity index (χ0v) is 18.9. The van der Waals surface area contributed by atoms with Crippen molar-refractivity contribution in [3.8, 4) is 5.75 Å². The van der Waals surface area contributed by atoms with Gasteiger partial charge in [-0.15, -0.1) is 0 Å². The first kappa shape index (κ1) is 23.7. The lowest BCUT2D eigenvalue weighted by Crippen LogP contribution is -2.37. The van der Waals surface area contributed by atoms with Crippen LogP contribution in [0.25, 0.3) is 0 Å². The molecule has 0 fully saturated rings. The number of benzene rings is 3. The van der Waals surface area contributed by atoms with E-state index in [1.54, 1.807) is 30.3 Å². The van der Waals surface area contributed by atoms with E-state index in [4.69, 9.17) is 16.3 Å². The van der Waals surface area contributed by atoms with Gasteiger partial charge in [-0.2, -0.15) is 4.31 Å². The molecule has 3 rings (SSSR count). The zero-order valence-electron chi connectivity index (χ0n) is 17.3. The highest BCUT2D eigenvalue weighted by atomic mass is 35.5. The molecular weight excluding hydrogens is 455 g/mol. The first-order valence-corrected chi connectivity index (χ1v) is 11.6. The van der Waals surface area contributed by atoms with E-state index in [2.05, 4.69) is 5.32 Å². The summed E-state index contributed by atoms with van der Waals surface area (Å²) in [5.74, 6) is -0.476. The van der Waals surface area contributed by atoms with Crippen LogP contribution in [-0.4, -0.2) is 31.8 Å². The molecule has 0 aliphatic heterocycles. The number of rotatable bonds is 9. The molecule has 3 aromatic rings. The number of carbonyl (C=O) groups excluding carboxylic acids is 1. The minimum atomic E-state index is -4.11. The second kappa shape index (κ2) is 10.6. The van der Waals surface area contributed by atoms with Gasteiger partial charge in [0.05, 0.1) is 18.0 Å². The lowest BCUT2D eigenvalue weighted by atomic mass is 10.2. The number of hydrogen-bond acceptors (Lipinski definition) is 4. The lowest BCUT2D eigenvalue weighted by molar-refractivity contribution is -0.116. The molecule has 1 amide bonds. The summed E-state index contributed by atoms with van der Waals surface area (Å²) in [5.41, 5.74) is 0.632. The smallest absolute Gasteiger partial charge is 0.243 e. The van der Waals surface area contributed by atoms with E-state index in [1.165, 1.54) is 42.5 Å². The van der Waals surface area contributed by atoms with Crippen molar-refractivity contribution in [2.75, 3.05) is 18.5 Å². The van der Waals surface area contributed by atoms with Gasteiger partial charge < -0.3 is 10.1 Å². The van der Waals surface area contributed by atoms with Crippen LogP contribution in [0.1, 0.15) is 12.5 Å². The molecule has 168 valence electrons. The Bertz CT molecular complexity index is 1170. The fourth-order valence-electron chi connectivity index (χ4n) is 2.96. The predicted molar refractivity (Wildman–Crippen MR) is 122 cm³/mol. The van der Waals surface area contributed by atoms with Gasteiger partial charge >= 0.3 is 0 Å². The molecule has 0 heterocycles. The molecule has 0 spiro atoms. The van der Waals surface area contributed by atoms with Crippen LogP contribution in [0.3, 0.4) is 0 Å². The fourth-order valence-corrected chi connectivity index (χ4v) is 4.46. The molecule has 0 aliphatic rings. The predicted octanol–water partition coefficient (Wildman–Crippen LogP) is 4.71. The number of anilines is 1. The van der Waals surface area contributed by atoms with Gasteiger partial charge in [0.15, 0.2) is 0 Å². The molecule has 0 radical (unpaired) electrons. The molecule has 0 bridgehead atoms. The maximum atomic E-state index is 14.2. The molecule has 1 N–H and O–H groups in total. The summed E-state index contributed by atoms with van der Waals surface area (Å²) in [6, 6.07) is 18.1. The van der Waals surface area contributed by atoms with E-state index < -0.39 is 28.3 Å². The van der Waals surface area contributed by atoms with Crippen LogP contribution in [-0.2, 0) is 21.4 Å². The number of sulfonamides is 1. The van der Waals surface area contributed by atoms with Gasteiger partial charge in [0.2, 0.25) is 15.9 Å². The average Bonchev–Trinajstić information content (AvgIpc) is 2.76. The summed E-state index contributed by atoms with van der Waals surface area (Å²) in [7, 11) is -4.11. The van der Waals surface area contributed by atoms with Crippen LogP contribution in [0.2, 0.25) is 5.02 Å². The minimum Gasteiger partial charge on any atom is -0.494 e. The highest BCUT2D eigenvalue weighted by molar-refractivity contribution is 7.89. The Morgan fingerprint density at radius 3 is 2.31 bits per heavy atom. The topological polar surface area (TPSA) is 75.7 Å². The molecule has 9 heteroatoms. The van der Waals surface area contributed by atoms with E-state index in [0.29, 0.717) is 23.1 Å². The van der Waals surface area contributed by atoms with Gasteiger partial charge in [-0.3, -0.25) is 4.79 Å². The molecule has 3 aromatic carbocycles. The van der Waals surface area contributed by atoms with Gasteiger partial charge in [-0.05, 0) is 61.5 Å². The van der Waals surface area contributed by atoms with Crippen molar-refractivity contribution in [1.82, 2.24) is 4.31 Å². The molecule has 32 heavy (non-hydrogen) atoms. The van der Waals surface area contributed by atoms with E-state index in [1.807, 2.05) is 6.92 Å². The number of ether oxygens (including phenoxy) is 1. The summed E-state index contributed by atoms with van der Waals surface area (Å²) in [4.78, 5) is 12.6. The number of carbonyl (C=O) groups is 1. The molecule has 0 aromatic heterocycles. The standard InChI is InChI=1S/C23H22ClFN2O4S/c1-2-31-20-11-9-19(10-12-20)26-23(28)16-27(15-17-5-3-4-6-22(17)25)32(29,30)21-13-7-18(24)8-14-21/h3-14H,2,15-16H2,1H3,(H,26,28). The third-order valence-corrected chi connectivity index (χ3v) is 6.58. The third kappa shape index (κ3) is 6.06. The Balaban J connectivity index is 1.84. The Hall–Kier alpha value is -2.94. The van der Waals surface area contributed by atoms with Gasteiger partial charge in [0.1, 0.15) is 11.6 Å². The molecule has 0 unspecified atom stereocenters. The Morgan fingerprint density at radius 1 is 1.03 bits per heavy atom. The third-order valence-electron chi connectivity index (χ3n) is 4.52. The second-order valence-corrected chi connectivity index (χ2v) is 9.20. The second-order valence-electron chi connectivity index (χ2n) is 6.82. The quantitative estimate of drug-likeness (QED) is 0.485. The Labute approximate surface area is 191 Å². The largest absolute Gasteiger partial charge is 0.494 e. The summed E-state index contributed by atoms with van der Waals surface area (Å²) >= 11 is 5.87. The molecule has 0 saturated heterocycles. The fraction of sp³-hybridized carbons (Fsp3) is 0.174. The van der Waals surface area contributed by atoms with Gasteiger partial charge in [-0.1, -0.05) is 29.8 Å². The molecule has 0 atom stereocenters. The van der Waals surface area contributed by atoms with Crippen molar-refractivity contribution in [2.24, 2.45) is 0 Å². The highest BCUT2D eigenvalue weighted by Gasteiger charge is 2.27. The summed E-state index contributed by atoms with van der Waals surface area (Å²) in [6.45, 7) is 1.56. The molecule has 6 nitrogen and oxygen atoms in total. The van der Waals surface area contributed by atoms with E-state index >= 15 is 0 Å². The van der Waals surface area contributed by atoms with Gasteiger partial charge in [0, 0.05) is 22.8 Å². The number of hydrogen-bond donors (Lipinski definition) is 1. The number of nitrogens with zero attached hydrogens (tertiary/aromatic N) is 1. The maximum Gasteiger partial charge on any atom is 0.243 e. The monoisotopic (exact) mass is 476 g/mol. The van der Waals surface area contributed by atoms with E-state index in [-0.39, 0.29) is 17.0 Å². The number of amides is 1. The minimum absolute atomic E-state index is 0.0490. The Kier molecular flexibility index (Phi) is 7.84. The summed E-state index contributed by atoms with van der Waals surface area (Å²) < 4.78 is 47.0. The molecule has 0 saturated carbocycles. The maximum absolute atomic E-state index is 14.2. The van der Waals surface area contributed by atoms with Gasteiger partial charge in [0.25, 0.3) is 0 Å². The normalized spacial score (nSPS) is 11.4. The zero-order chi connectivity index (χ0) is 23.1. The summed E-state index contributed by atoms with van der Waals surface area (Å²) in [5, 5.41) is 3.03. The van der Waals surface area contributed by atoms with Crippen LogP contribution in [0, 0.1) is 5.82 Å². The van der Waals surface area contributed by atoms with Crippen molar-refractivity contribution in [3.63, 3.8) is 0 Å². The first-order chi connectivity index (χ1) is 15.3. The van der Waals surface area contributed by atoms with Crippen molar-refractivity contribution in [2.45, 2.75) is 18.4 Å². The van der Waals surface area contributed by atoms with Crippen LogP contribution in [0.5, 0.6) is 5.75 Å². The van der Waals surface area contributed by atoms with Crippen LogP contribution < -0.4 is 10.1 Å². The van der Waals surface area contributed by atoms with Crippen molar-refractivity contribution in [3.05, 3.63) is 89.2 Å². The van der Waals surface area contributed by atoms with Gasteiger partial charge in [-0.25, -0.2) is 12.8 Å². The number of nitrogens with one attached hydrogen (secondary N) is 1. The van der Waals surface area contributed by atoms with Crippen LogP contribution in [0.4, 0.5) is 10.1 Å². The number of halogens is 2. The first-order valence-electron chi connectivity index (χ1n) is 9.81. The van der Waals surface area contributed by atoms with Crippen LogP contribution >= 0.6 is 11.6 Å². The van der Waals surface area contributed by atoms with Crippen molar-refractivity contribution in [1.29, 1.82) is 0 Å². The Morgan fingerprint density at radius 2 is 1.69 bits per heavy atom. The SMILES string of the molecule is CCOc1ccc(NC(=O)CN(Cc2ccccc2F)S(=O)(=O)c2ccc(Cl)cc2)cc1. The van der Waals surface area contributed by atoms with Crippen molar-refractivity contribution >= 4 is 33.2 Å². The highest BCUT2D eigenvalue weighted by Crippen LogP contribution is 2.22. The molecule has 0 aliphatic carbocycles. The van der Waals surface area contributed by atoms with Crippen LogP contribution in [0.15, 0.2) is 77.7 Å². The van der Waals surface area contributed by atoms with E-state index in [9.17, 15) is 17.6 Å². The lowest BCUT2D eigenvalue weighted by Gasteiger charge is -2.22.